The molecule has 2 heterocycles. The Bertz CT molecular complexity index is 557. The highest BCUT2D eigenvalue weighted by Crippen LogP contribution is 2.43. The van der Waals surface area contributed by atoms with Gasteiger partial charge in [-0.25, -0.2) is 4.98 Å². The number of thioether (sulfide) groups is 1. The fourth-order valence-electron chi connectivity index (χ4n) is 2.17. The zero-order chi connectivity index (χ0) is 11.8. The number of oxazole rings is 1. The molecule has 2 aromatic heterocycles. The predicted octanol–water partition coefficient (Wildman–Crippen LogP) is 3.64. The van der Waals surface area contributed by atoms with Crippen molar-refractivity contribution < 1.29 is 9.21 Å². The van der Waals surface area contributed by atoms with Crippen LogP contribution in [-0.2, 0) is 6.42 Å². The fourth-order valence-corrected chi connectivity index (χ4v) is 4.23. The minimum absolute atomic E-state index is 0.268. The molecule has 0 amide bonds. The first-order valence-electron chi connectivity index (χ1n) is 5.44. The molecule has 0 saturated heterocycles. The fraction of sp³-hybridized carbons (Fsp3) is 0.333. The molecule has 0 radical (unpaired) electrons. The van der Waals surface area contributed by atoms with E-state index in [0.29, 0.717) is 12.3 Å². The van der Waals surface area contributed by atoms with Gasteiger partial charge in [0, 0.05) is 12.0 Å². The Kier molecular flexibility index (Phi) is 2.80. The molecule has 0 aromatic carbocycles. The quantitative estimate of drug-likeness (QED) is 0.777. The normalized spacial score (nSPS) is 15.0. The van der Waals surface area contributed by atoms with Crippen molar-refractivity contribution in [2.24, 2.45) is 0 Å². The van der Waals surface area contributed by atoms with Crippen molar-refractivity contribution in [1.82, 2.24) is 4.98 Å². The van der Waals surface area contributed by atoms with Crippen molar-refractivity contribution in [3.05, 3.63) is 23.6 Å². The van der Waals surface area contributed by atoms with Gasteiger partial charge in [0.15, 0.2) is 5.78 Å². The molecule has 0 atom stereocenters. The molecule has 1 aliphatic rings. The van der Waals surface area contributed by atoms with E-state index in [1.54, 1.807) is 35.6 Å². The van der Waals surface area contributed by atoms with Gasteiger partial charge in [-0.1, -0.05) is 0 Å². The largest absolute Gasteiger partial charge is 0.444 e. The molecule has 0 spiro atoms. The van der Waals surface area contributed by atoms with Crippen LogP contribution in [0.25, 0.3) is 10.8 Å². The molecule has 0 fully saturated rings. The third-order valence-corrected chi connectivity index (χ3v) is 5.24. The Morgan fingerprint density at radius 1 is 1.47 bits per heavy atom. The summed E-state index contributed by atoms with van der Waals surface area (Å²) in [5, 5.41) is 0. The van der Waals surface area contributed by atoms with E-state index >= 15 is 0 Å². The van der Waals surface area contributed by atoms with E-state index in [9.17, 15) is 4.79 Å². The Labute approximate surface area is 107 Å². The molecule has 0 N–H and O–H groups in total. The smallest absolute Gasteiger partial charge is 0.236 e. The minimum Gasteiger partial charge on any atom is -0.444 e. The Morgan fingerprint density at radius 2 is 2.35 bits per heavy atom. The summed E-state index contributed by atoms with van der Waals surface area (Å²) in [6.45, 7) is 0. The second-order valence-electron chi connectivity index (χ2n) is 3.89. The number of ketones is 1. The number of carbonyl (C=O) groups excluding carboxylic acids is 1. The van der Waals surface area contributed by atoms with E-state index in [4.69, 9.17) is 4.42 Å². The molecule has 1 aliphatic carbocycles. The van der Waals surface area contributed by atoms with Gasteiger partial charge in [-0.3, -0.25) is 4.79 Å². The van der Waals surface area contributed by atoms with Crippen LogP contribution >= 0.6 is 23.1 Å². The summed E-state index contributed by atoms with van der Waals surface area (Å²) in [5.74, 6) is 0.908. The van der Waals surface area contributed by atoms with Gasteiger partial charge in [-0.2, -0.15) is 0 Å². The number of hydrogen-bond acceptors (Lipinski definition) is 5. The van der Waals surface area contributed by atoms with Crippen molar-refractivity contribution >= 4 is 28.9 Å². The van der Waals surface area contributed by atoms with Gasteiger partial charge < -0.3 is 4.42 Å². The van der Waals surface area contributed by atoms with Crippen molar-refractivity contribution in [2.75, 3.05) is 6.26 Å². The third kappa shape index (κ3) is 1.73. The van der Waals surface area contributed by atoms with E-state index in [-0.39, 0.29) is 5.78 Å². The molecule has 0 bridgehead atoms. The van der Waals surface area contributed by atoms with Crippen LogP contribution in [0.4, 0.5) is 0 Å². The van der Waals surface area contributed by atoms with E-state index in [1.807, 2.05) is 6.26 Å². The van der Waals surface area contributed by atoms with Crippen LogP contribution in [0, 0.1) is 0 Å². The summed E-state index contributed by atoms with van der Waals surface area (Å²) in [5.41, 5.74) is 2.06. The Hall–Kier alpha value is -1.07. The number of aromatic nitrogens is 1. The second kappa shape index (κ2) is 4.31. The van der Waals surface area contributed by atoms with Gasteiger partial charge in [-0.15, -0.1) is 23.1 Å². The van der Waals surface area contributed by atoms with Gasteiger partial charge >= 0.3 is 0 Å². The van der Waals surface area contributed by atoms with Crippen molar-refractivity contribution in [3.63, 3.8) is 0 Å². The van der Waals surface area contributed by atoms with Crippen LogP contribution in [0.15, 0.2) is 21.1 Å². The van der Waals surface area contributed by atoms with Gasteiger partial charge in [0.2, 0.25) is 5.89 Å². The molecule has 0 unspecified atom stereocenters. The van der Waals surface area contributed by atoms with Gasteiger partial charge in [0.1, 0.15) is 6.26 Å². The summed E-state index contributed by atoms with van der Waals surface area (Å²) in [7, 11) is 0. The second-order valence-corrected chi connectivity index (χ2v) is 5.99. The van der Waals surface area contributed by atoms with Gasteiger partial charge in [0.25, 0.3) is 0 Å². The Morgan fingerprint density at radius 3 is 3.06 bits per heavy atom. The molecule has 3 rings (SSSR count). The standard InChI is InChI=1S/C12H11NO2S2/c1-16-12-9-7(3-2-4-8(9)14)10(17-12)11-13-5-6-15-11/h5-6H,2-4H2,1H3. The van der Waals surface area contributed by atoms with E-state index in [2.05, 4.69) is 4.98 Å². The zero-order valence-corrected chi connectivity index (χ0v) is 11.0. The van der Waals surface area contributed by atoms with Crippen molar-refractivity contribution in [2.45, 2.75) is 23.5 Å². The van der Waals surface area contributed by atoms with E-state index in [0.717, 1.165) is 33.1 Å². The topological polar surface area (TPSA) is 43.1 Å². The Balaban J connectivity index is 2.21. The summed E-state index contributed by atoms with van der Waals surface area (Å²) < 4.78 is 6.45. The molecule has 2 aromatic rings. The monoisotopic (exact) mass is 265 g/mol. The van der Waals surface area contributed by atoms with E-state index < -0.39 is 0 Å². The van der Waals surface area contributed by atoms with Crippen LogP contribution in [0.2, 0.25) is 0 Å². The maximum atomic E-state index is 12.0. The first kappa shape index (κ1) is 11.0. The number of thiophene rings is 1. The van der Waals surface area contributed by atoms with Crippen LogP contribution in [0.3, 0.4) is 0 Å². The number of carbonyl (C=O) groups is 1. The highest BCUT2D eigenvalue weighted by molar-refractivity contribution is 8.00. The number of hydrogen-bond donors (Lipinski definition) is 0. The first-order chi connectivity index (χ1) is 8.31. The van der Waals surface area contributed by atoms with E-state index in [1.165, 1.54) is 0 Å². The predicted molar refractivity (Wildman–Crippen MR) is 68.9 cm³/mol. The lowest BCUT2D eigenvalue weighted by Gasteiger charge is -2.11. The molecule has 0 saturated carbocycles. The van der Waals surface area contributed by atoms with Crippen molar-refractivity contribution in [1.29, 1.82) is 0 Å². The van der Waals surface area contributed by atoms with Gasteiger partial charge in [0.05, 0.1) is 15.3 Å². The molecular weight excluding hydrogens is 254 g/mol. The number of fused-ring (bicyclic) bond motifs is 1. The highest BCUT2D eigenvalue weighted by atomic mass is 32.2. The molecule has 3 nitrogen and oxygen atoms in total. The third-order valence-electron chi connectivity index (χ3n) is 2.90. The minimum atomic E-state index is 0.268. The molecule has 0 aliphatic heterocycles. The van der Waals surface area contributed by atoms with Crippen LogP contribution in [0.5, 0.6) is 0 Å². The molecule has 88 valence electrons. The van der Waals surface area contributed by atoms with Crippen LogP contribution in [0.1, 0.15) is 28.8 Å². The lowest BCUT2D eigenvalue weighted by Crippen LogP contribution is -2.09. The SMILES string of the molecule is CSc1sc(-c2ncco2)c2c1C(=O)CCC2. The molecule has 5 heteroatoms. The van der Waals surface area contributed by atoms with Crippen molar-refractivity contribution in [3.8, 4) is 10.8 Å². The maximum Gasteiger partial charge on any atom is 0.236 e. The lowest BCUT2D eigenvalue weighted by molar-refractivity contribution is 0.0970. The molecule has 17 heavy (non-hydrogen) atoms. The van der Waals surface area contributed by atoms with Crippen LogP contribution in [-0.4, -0.2) is 17.0 Å². The highest BCUT2D eigenvalue weighted by Gasteiger charge is 2.28. The van der Waals surface area contributed by atoms with Gasteiger partial charge in [-0.05, 0) is 24.7 Å². The molecular formula is C12H11NO2S2. The first-order valence-corrected chi connectivity index (χ1v) is 7.48. The lowest BCUT2D eigenvalue weighted by atomic mass is 9.93. The number of rotatable bonds is 2. The summed E-state index contributed by atoms with van der Waals surface area (Å²) >= 11 is 3.26. The average molecular weight is 265 g/mol. The summed E-state index contributed by atoms with van der Waals surface area (Å²) in [4.78, 5) is 17.2. The summed E-state index contributed by atoms with van der Waals surface area (Å²) in [6.07, 6.45) is 7.78. The summed E-state index contributed by atoms with van der Waals surface area (Å²) in [6, 6.07) is 0. The maximum absolute atomic E-state index is 12.0. The number of nitrogens with zero attached hydrogens (tertiary/aromatic N) is 1. The van der Waals surface area contributed by atoms with Crippen LogP contribution < -0.4 is 0 Å². The zero-order valence-electron chi connectivity index (χ0n) is 9.36. The average Bonchev–Trinajstić information content (AvgIpc) is 2.95. The number of Topliss-reactive ketones (excluding diaryl/α,β-unsaturated/α-hetero) is 1.